The highest BCUT2D eigenvalue weighted by atomic mass is 35.5. The van der Waals surface area contributed by atoms with Crippen molar-refractivity contribution in [2.75, 3.05) is 0 Å². The van der Waals surface area contributed by atoms with Crippen molar-refractivity contribution in [3.63, 3.8) is 0 Å². The van der Waals surface area contributed by atoms with Crippen LogP contribution in [0.2, 0.25) is 5.02 Å². The zero-order valence-corrected chi connectivity index (χ0v) is 16.7. The van der Waals surface area contributed by atoms with Crippen LogP contribution in [0.4, 0.5) is 17.6 Å². The third kappa shape index (κ3) is 4.38. The first-order chi connectivity index (χ1) is 14.1. The minimum Gasteiger partial charge on any atom is -0.465 e. The Kier molecular flexibility index (Phi) is 6.26. The number of alkyl halides is 3. The summed E-state index contributed by atoms with van der Waals surface area (Å²) in [6.45, 7) is 3.70. The Morgan fingerprint density at radius 1 is 1.17 bits per heavy atom. The topological polar surface area (TPSA) is 60.3 Å². The van der Waals surface area contributed by atoms with E-state index in [4.69, 9.17) is 31.3 Å². The molecule has 10 heteroatoms. The second kappa shape index (κ2) is 8.41. The molecule has 1 aliphatic heterocycles. The zero-order chi connectivity index (χ0) is 22.1. The van der Waals surface area contributed by atoms with Crippen LogP contribution in [0.15, 0.2) is 41.4 Å². The first kappa shape index (κ1) is 22.3. The van der Waals surface area contributed by atoms with Gasteiger partial charge in [-0.3, -0.25) is 0 Å². The van der Waals surface area contributed by atoms with Crippen LogP contribution in [-0.2, 0) is 4.89 Å². The lowest BCUT2D eigenvalue weighted by Crippen LogP contribution is -2.38. The van der Waals surface area contributed by atoms with E-state index in [1.54, 1.807) is 0 Å². The third-order valence-electron chi connectivity index (χ3n) is 4.71. The van der Waals surface area contributed by atoms with Gasteiger partial charge < -0.3 is 9.47 Å². The van der Waals surface area contributed by atoms with E-state index in [1.165, 1.54) is 30.3 Å². The fraction of sp³-hybridized carbons (Fsp3) is 0.350. The standard InChI is InChI=1S/C20H18ClF4NO4/c1-3-19(4-2)26-17(11-5-7-12(22)8-6-11)16-14(21)9-13(10-15(16)29-19)28-18(30-27)20(23,24)25/h5-10,18,27H,3-4H2,1-2H3. The van der Waals surface area contributed by atoms with Gasteiger partial charge in [-0.25, -0.2) is 14.6 Å². The largest absolute Gasteiger partial charge is 0.465 e. The summed E-state index contributed by atoms with van der Waals surface area (Å²) < 4.78 is 62.7. The fourth-order valence-corrected chi connectivity index (χ4v) is 3.35. The van der Waals surface area contributed by atoms with Crippen molar-refractivity contribution in [2.24, 2.45) is 4.99 Å². The molecule has 30 heavy (non-hydrogen) atoms. The van der Waals surface area contributed by atoms with Crippen molar-refractivity contribution in [1.82, 2.24) is 0 Å². The number of hydrogen-bond acceptors (Lipinski definition) is 5. The van der Waals surface area contributed by atoms with Crippen molar-refractivity contribution in [3.8, 4) is 11.5 Å². The molecule has 162 valence electrons. The van der Waals surface area contributed by atoms with Gasteiger partial charge in [0, 0.05) is 24.5 Å². The van der Waals surface area contributed by atoms with E-state index >= 15 is 0 Å². The van der Waals surface area contributed by atoms with Crippen LogP contribution in [0.3, 0.4) is 0 Å². The second-order valence-electron chi connectivity index (χ2n) is 6.60. The molecule has 5 nitrogen and oxygen atoms in total. The first-order valence-corrected chi connectivity index (χ1v) is 9.42. The van der Waals surface area contributed by atoms with Gasteiger partial charge in [0.2, 0.25) is 0 Å². The lowest BCUT2D eigenvalue weighted by Gasteiger charge is -2.35. The molecule has 1 atom stereocenters. The molecule has 0 radical (unpaired) electrons. The lowest BCUT2D eigenvalue weighted by molar-refractivity contribution is -0.399. The SMILES string of the molecule is CCC1(CC)N=C(c2ccc(F)cc2)c2c(Cl)cc(OC(OO)C(F)(F)F)cc2O1. The number of halogens is 5. The highest BCUT2D eigenvalue weighted by Crippen LogP contribution is 2.42. The van der Waals surface area contributed by atoms with Crippen molar-refractivity contribution in [3.05, 3.63) is 58.4 Å². The minimum atomic E-state index is -4.98. The molecule has 1 heterocycles. The van der Waals surface area contributed by atoms with Crippen LogP contribution in [0, 0.1) is 5.82 Å². The van der Waals surface area contributed by atoms with E-state index in [2.05, 4.69) is 4.89 Å². The van der Waals surface area contributed by atoms with Gasteiger partial charge in [0.05, 0.1) is 16.3 Å². The summed E-state index contributed by atoms with van der Waals surface area (Å²) in [4.78, 5) is 8.10. The van der Waals surface area contributed by atoms with Crippen LogP contribution in [-0.4, -0.2) is 29.2 Å². The van der Waals surface area contributed by atoms with Crippen molar-refractivity contribution < 1.29 is 37.2 Å². The first-order valence-electron chi connectivity index (χ1n) is 9.04. The molecule has 1 aliphatic rings. The van der Waals surface area contributed by atoms with Gasteiger partial charge >= 0.3 is 12.5 Å². The summed E-state index contributed by atoms with van der Waals surface area (Å²) in [5.41, 5.74) is 0.328. The van der Waals surface area contributed by atoms with Crippen molar-refractivity contribution in [1.29, 1.82) is 0 Å². The van der Waals surface area contributed by atoms with E-state index in [0.29, 0.717) is 29.7 Å². The molecule has 1 N–H and O–H groups in total. The van der Waals surface area contributed by atoms with Gasteiger partial charge in [0.15, 0.2) is 5.72 Å². The maximum Gasteiger partial charge on any atom is 0.454 e. The van der Waals surface area contributed by atoms with Gasteiger partial charge in [-0.2, -0.15) is 18.1 Å². The summed E-state index contributed by atoms with van der Waals surface area (Å²) in [6, 6.07) is 7.94. The Morgan fingerprint density at radius 3 is 2.33 bits per heavy atom. The molecule has 0 fully saturated rings. The van der Waals surface area contributed by atoms with Gasteiger partial charge in [0.25, 0.3) is 0 Å². The van der Waals surface area contributed by atoms with E-state index in [1.807, 2.05) is 13.8 Å². The molecular formula is C20H18ClF4NO4. The van der Waals surface area contributed by atoms with Gasteiger partial charge in [-0.05, 0) is 30.3 Å². The predicted octanol–water partition coefficient (Wildman–Crippen LogP) is 5.98. The summed E-state index contributed by atoms with van der Waals surface area (Å²) >= 11 is 6.34. The number of hydrogen-bond donors (Lipinski definition) is 1. The lowest BCUT2D eigenvalue weighted by atomic mass is 9.96. The molecule has 3 rings (SSSR count). The molecule has 0 saturated carbocycles. The molecule has 2 aromatic rings. The Labute approximate surface area is 174 Å². The van der Waals surface area contributed by atoms with Crippen LogP contribution in [0.1, 0.15) is 37.8 Å². The zero-order valence-electron chi connectivity index (χ0n) is 16.0. The Hall–Kier alpha value is -2.36. The number of benzene rings is 2. The number of fused-ring (bicyclic) bond motifs is 1. The fourth-order valence-electron chi connectivity index (χ4n) is 3.06. The molecule has 0 bridgehead atoms. The number of nitrogens with zero attached hydrogens (tertiary/aromatic N) is 1. The van der Waals surface area contributed by atoms with E-state index in [0.717, 1.165) is 6.07 Å². The van der Waals surface area contributed by atoms with Crippen LogP contribution >= 0.6 is 11.6 Å². The number of ether oxygens (including phenoxy) is 2. The van der Waals surface area contributed by atoms with E-state index in [-0.39, 0.29) is 16.5 Å². The Balaban J connectivity index is 2.12. The van der Waals surface area contributed by atoms with Crippen LogP contribution < -0.4 is 9.47 Å². The normalized spacial score (nSPS) is 16.3. The Bertz CT molecular complexity index is 943. The van der Waals surface area contributed by atoms with Crippen molar-refractivity contribution >= 4 is 17.3 Å². The van der Waals surface area contributed by atoms with Crippen LogP contribution in [0.25, 0.3) is 0 Å². The third-order valence-corrected chi connectivity index (χ3v) is 5.01. The quantitative estimate of drug-likeness (QED) is 0.256. The average Bonchev–Trinajstić information content (AvgIpc) is 2.70. The van der Waals surface area contributed by atoms with Crippen molar-refractivity contribution in [2.45, 2.75) is 44.9 Å². The number of rotatable bonds is 6. The molecule has 0 spiro atoms. The van der Waals surface area contributed by atoms with Gasteiger partial charge in [-0.1, -0.05) is 25.4 Å². The monoisotopic (exact) mass is 447 g/mol. The molecule has 2 aromatic carbocycles. The van der Waals surface area contributed by atoms with Gasteiger partial charge in [-0.15, -0.1) is 0 Å². The predicted molar refractivity (Wildman–Crippen MR) is 102 cm³/mol. The molecule has 0 aromatic heterocycles. The molecular weight excluding hydrogens is 430 g/mol. The maximum atomic E-state index is 13.4. The van der Waals surface area contributed by atoms with Gasteiger partial charge in [0.1, 0.15) is 17.3 Å². The molecule has 1 unspecified atom stereocenters. The highest BCUT2D eigenvalue weighted by Gasteiger charge is 2.44. The molecule has 0 aliphatic carbocycles. The summed E-state index contributed by atoms with van der Waals surface area (Å²) in [6.07, 6.45) is -6.96. The molecule has 0 amide bonds. The van der Waals surface area contributed by atoms with E-state index < -0.39 is 24.0 Å². The molecule has 0 saturated heterocycles. The second-order valence-corrected chi connectivity index (χ2v) is 7.00. The van der Waals surface area contributed by atoms with Crippen LogP contribution in [0.5, 0.6) is 11.5 Å². The average molecular weight is 448 g/mol. The number of aliphatic imine (C=N–C) groups is 1. The maximum absolute atomic E-state index is 13.4. The summed E-state index contributed by atoms with van der Waals surface area (Å²) in [7, 11) is 0. The Morgan fingerprint density at radius 2 is 1.80 bits per heavy atom. The smallest absolute Gasteiger partial charge is 0.454 e. The highest BCUT2D eigenvalue weighted by molar-refractivity contribution is 6.36. The minimum absolute atomic E-state index is 0.00486. The van der Waals surface area contributed by atoms with E-state index in [9.17, 15) is 17.6 Å². The summed E-state index contributed by atoms with van der Waals surface area (Å²) in [5, 5.41) is 8.55. The summed E-state index contributed by atoms with van der Waals surface area (Å²) in [5.74, 6) is -0.605.